The number of nitrogens with zero attached hydrogens (tertiary/aromatic N) is 2. The van der Waals surface area contributed by atoms with Gasteiger partial charge in [0.05, 0.1) is 0 Å². The molecule has 2 rings (SSSR count). The van der Waals surface area contributed by atoms with Crippen LogP contribution in [0.3, 0.4) is 0 Å². The predicted molar refractivity (Wildman–Crippen MR) is 73.5 cm³/mol. The lowest BCUT2D eigenvalue weighted by atomic mass is 10.1. The summed E-state index contributed by atoms with van der Waals surface area (Å²) in [7, 11) is 1.65. The molecule has 0 bridgehead atoms. The Morgan fingerprint density at radius 3 is 2.68 bits per heavy atom. The van der Waals surface area contributed by atoms with Crippen LogP contribution in [0.5, 0.6) is 0 Å². The molecule has 102 valence electrons. The van der Waals surface area contributed by atoms with E-state index in [0.717, 1.165) is 11.1 Å². The molecule has 1 heterocycles. The number of anilines is 1. The fraction of sp³-hybridized carbons (Fsp3) is 0.429. The van der Waals surface area contributed by atoms with E-state index in [-0.39, 0.29) is 12.0 Å². The van der Waals surface area contributed by atoms with Crippen molar-refractivity contribution in [1.82, 2.24) is 10.1 Å². The van der Waals surface area contributed by atoms with Gasteiger partial charge in [-0.25, -0.2) is 0 Å². The van der Waals surface area contributed by atoms with Gasteiger partial charge >= 0.3 is 0 Å². The first-order chi connectivity index (χ1) is 9.02. The fourth-order valence-corrected chi connectivity index (χ4v) is 2.01. The largest absolute Gasteiger partial charge is 0.399 e. The third-order valence-electron chi connectivity index (χ3n) is 3.05. The molecule has 1 aromatic heterocycles. The number of nitrogens with two attached hydrogens (primary N) is 1. The molecule has 5 heteroatoms. The molecule has 1 unspecified atom stereocenters. The minimum Gasteiger partial charge on any atom is -0.399 e. The number of hydrogen-bond acceptors (Lipinski definition) is 5. The Morgan fingerprint density at radius 2 is 2.05 bits per heavy atom. The Balaban J connectivity index is 2.38. The highest BCUT2D eigenvalue weighted by molar-refractivity contribution is 5.63. The lowest BCUT2D eigenvalue weighted by Crippen LogP contribution is -2.10. The summed E-state index contributed by atoms with van der Waals surface area (Å²) in [6.07, 6.45) is -0.168. The van der Waals surface area contributed by atoms with Crippen molar-refractivity contribution < 1.29 is 9.26 Å². The van der Waals surface area contributed by atoms with Crippen LogP contribution in [0.15, 0.2) is 22.7 Å². The number of rotatable bonds is 4. The number of aryl methyl sites for hydroxylation is 1. The van der Waals surface area contributed by atoms with Crippen LogP contribution in [0.1, 0.15) is 31.3 Å². The first-order valence-electron chi connectivity index (χ1n) is 6.25. The molecule has 1 atom stereocenters. The van der Waals surface area contributed by atoms with Gasteiger partial charge in [-0.3, -0.25) is 0 Å². The highest BCUT2D eigenvalue weighted by atomic mass is 16.5. The molecule has 0 spiro atoms. The van der Waals surface area contributed by atoms with Gasteiger partial charge in [0.2, 0.25) is 5.82 Å². The zero-order valence-corrected chi connectivity index (χ0v) is 11.7. The Morgan fingerprint density at radius 1 is 1.32 bits per heavy atom. The molecule has 19 heavy (non-hydrogen) atoms. The molecule has 0 aliphatic carbocycles. The lowest BCUT2D eigenvalue weighted by molar-refractivity contribution is 0.0556. The lowest BCUT2D eigenvalue weighted by Gasteiger charge is -2.14. The maximum Gasteiger partial charge on any atom is 0.258 e. The van der Waals surface area contributed by atoms with E-state index in [2.05, 4.69) is 24.0 Å². The maximum absolute atomic E-state index is 5.79. The predicted octanol–water partition coefficient (Wildman–Crippen LogP) is 2.97. The summed E-state index contributed by atoms with van der Waals surface area (Å²) >= 11 is 0. The molecule has 0 saturated heterocycles. The normalized spacial score (nSPS) is 12.9. The summed E-state index contributed by atoms with van der Waals surface area (Å²) in [6.45, 7) is 6.08. The fourth-order valence-electron chi connectivity index (χ4n) is 2.01. The third-order valence-corrected chi connectivity index (χ3v) is 3.05. The van der Waals surface area contributed by atoms with Crippen molar-refractivity contribution in [3.63, 3.8) is 0 Å². The molecule has 0 aliphatic heterocycles. The molecular weight excluding hydrogens is 242 g/mol. The topological polar surface area (TPSA) is 74.2 Å². The van der Waals surface area contributed by atoms with E-state index in [0.29, 0.717) is 17.4 Å². The van der Waals surface area contributed by atoms with Crippen LogP contribution in [-0.2, 0) is 4.74 Å². The Bertz CT molecular complexity index is 564. The summed E-state index contributed by atoms with van der Waals surface area (Å²) in [6, 6.07) is 5.62. The van der Waals surface area contributed by atoms with Gasteiger partial charge in [0, 0.05) is 18.4 Å². The zero-order chi connectivity index (χ0) is 14.0. The number of hydrogen-bond donors (Lipinski definition) is 1. The van der Waals surface area contributed by atoms with Gasteiger partial charge in [0.25, 0.3) is 5.89 Å². The molecule has 0 saturated carbocycles. The Hall–Kier alpha value is -1.88. The Labute approximate surface area is 112 Å². The maximum atomic E-state index is 5.79. The molecule has 2 aromatic rings. The molecule has 0 fully saturated rings. The van der Waals surface area contributed by atoms with Crippen LogP contribution < -0.4 is 5.73 Å². The quantitative estimate of drug-likeness (QED) is 0.856. The van der Waals surface area contributed by atoms with Crippen LogP contribution >= 0.6 is 0 Å². The highest BCUT2D eigenvalue weighted by Crippen LogP contribution is 2.28. The van der Waals surface area contributed by atoms with Crippen molar-refractivity contribution in [3.05, 3.63) is 29.6 Å². The number of ether oxygens (including phenoxy) is 1. The SMILES string of the molecule is COC(c1noc(-c2cc(N)ccc2C)n1)C(C)C. The van der Waals surface area contributed by atoms with Gasteiger partial charge in [0.1, 0.15) is 6.10 Å². The standard InChI is InChI=1S/C14H19N3O2/c1-8(2)12(18-4)13-16-14(19-17-13)11-7-10(15)6-5-9(11)3/h5-8,12H,15H2,1-4H3. The van der Waals surface area contributed by atoms with Gasteiger partial charge in [-0.2, -0.15) is 4.98 Å². The second kappa shape index (κ2) is 5.40. The smallest absolute Gasteiger partial charge is 0.258 e. The van der Waals surface area contributed by atoms with Gasteiger partial charge in [-0.1, -0.05) is 25.1 Å². The van der Waals surface area contributed by atoms with E-state index in [1.54, 1.807) is 7.11 Å². The highest BCUT2D eigenvalue weighted by Gasteiger charge is 2.22. The van der Waals surface area contributed by atoms with Crippen molar-refractivity contribution in [2.75, 3.05) is 12.8 Å². The average molecular weight is 261 g/mol. The minimum atomic E-state index is -0.168. The van der Waals surface area contributed by atoms with Crippen molar-refractivity contribution in [2.45, 2.75) is 26.9 Å². The van der Waals surface area contributed by atoms with Crippen LogP contribution in [0.2, 0.25) is 0 Å². The van der Waals surface area contributed by atoms with E-state index in [4.69, 9.17) is 15.0 Å². The first kappa shape index (κ1) is 13.5. The number of methoxy groups -OCH3 is 1. The van der Waals surface area contributed by atoms with Crippen LogP contribution in [0.25, 0.3) is 11.5 Å². The first-order valence-corrected chi connectivity index (χ1v) is 6.25. The zero-order valence-electron chi connectivity index (χ0n) is 11.7. The van der Waals surface area contributed by atoms with E-state index in [9.17, 15) is 0 Å². The van der Waals surface area contributed by atoms with E-state index in [1.165, 1.54) is 0 Å². The van der Waals surface area contributed by atoms with Crippen molar-refractivity contribution in [2.24, 2.45) is 5.92 Å². The van der Waals surface area contributed by atoms with Gasteiger partial charge in [-0.05, 0) is 30.5 Å². The summed E-state index contributed by atoms with van der Waals surface area (Å²) in [5, 5.41) is 4.00. The summed E-state index contributed by atoms with van der Waals surface area (Å²) in [5.41, 5.74) is 8.37. The van der Waals surface area contributed by atoms with Crippen molar-refractivity contribution in [1.29, 1.82) is 0 Å². The summed E-state index contributed by atoms with van der Waals surface area (Å²) < 4.78 is 10.7. The van der Waals surface area contributed by atoms with Crippen molar-refractivity contribution >= 4 is 5.69 Å². The average Bonchev–Trinajstić information content (AvgIpc) is 2.82. The number of nitrogen functional groups attached to an aromatic ring is 1. The number of benzene rings is 1. The van der Waals surface area contributed by atoms with Gasteiger partial charge < -0.3 is 15.0 Å². The van der Waals surface area contributed by atoms with Crippen LogP contribution in [0, 0.1) is 12.8 Å². The van der Waals surface area contributed by atoms with E-state index in [1.807, 2.05) is 25.1 Å². The molecule has 1 aromatic carbocycles. The van der Waals surface area contributed by atoms with E-state index < -0.39 is 0 Å². The van der Waals surface area contributed by atoms with Gasteiger partial charge in [-0.15, -0.1) is 0 Å². The molecule has 0 amide bonds. The van der Waals surface area contributed by atoms with Crippen LogP contribution in [0.4, 0.5) is 5.69 Å². The number of aromatic nitrogens is 2. The molecule has 0 radical (unpaired) electrons. The third kappa shape index (κ3) is 2.76. The molecule has 0 aliphatic rings. The minimum absolute atomic E-state index is 0.168. The van der Waals surface area contributed by atoms with Crippen LogP contribution in [-0.4, -0.2) is 17.3 Å². The Kier molecular flexibility index (Phi) is 3.85. The second-order valence-electron chi connectivity index (χ2n) is 4.93. The molecular formula is C14H19N3O2. The summed E-state index contributed by atoms with van der Waals surface area (Å²) in [5.74, 6) is 1.31. The second-order valence-corrected chi connectivity index (χ2v) is 4.93. The van der Waals surface area contributed by atoms with E-state index >= 15 is 0 Å². The molecule has 5 nitrogen and oxygen atoms in total. The summed E-state index contributed by atoms with van der Waals surface area (Å²) in [4.78, 5) is 4.42. The molecule has 2 N–H and O–H groups in total. The van der Waals surface area contributed by atoms with Gasteiger partial charge in [0.15, 0.2) is 0 Å². The monoisotopic (exact) mass is 261 g/mol. The van der Waals surface area contributed by atoms with Crippen molar-refractivity contribution in [3.8, 4) is 11.5 Å².